The minimum absolute atomic E-state index is 0.00479. The molecule has 3 aromatic rings. The Hall–Kier alpha value is -2.67. The molecule has 152 valence electrons. The smallest absolute Gasteiger partial charge is 0.276 e. The van der Waals surface area contributed by atoms with Crippen molar-refractivity contribution in [3.63, 3.8) is 0 Å². The summed E-state index contributed by atoms with van der Waals surface area (Å²) in [5.41, 5.74) is 1.79. The summed E-state index contributed by atoms with van der Waals surface area (Å²) in [6.07, 6.45) is 5.01. The zero-order valence-electron chi connectivity index (χ0n) is 16.6. The summed E-state index contributed by atoms with van der Waals surface area (Å²) in [4.78, 5) is 36.5. The van der Waals surface area contributed by atoms with Crippen LogP contribution in [0.3, 0.4) is 0 Å². The number of nitrogens with zero attached hydrogens (tertiary/aromatic N) is 4. The summed E-state index contributed by atoms with van der Waals surface area (Å²) in [6, 6.07) is 7.44. The largest absolute Gasteiger partial charge is 0.277 e. The van der Waals surface area contributed by atoms with E-state index in [0.717, 1.165) is 37.7 Å². The second-order valence-corrected chi connectivity index (χ2v) is 8.07. The Bertz CT molecular complexity index is 1110. The molecule has 1 amide bonds. The maximum atomic E-state index is 13.4. The number of fused-ring (bicyclic) bond motifs is 1. The van der Waals surface area contributed by atoms with Gasteiger partial charge in [0.1, 0.15) is 0 Å². The Kier molecular flexibility index (Phi) is 5.41. The number of rotatable bonds is 4. The summed E-state index contributed by atoms with van der Waals surface area (Å²) in [7, 11) is 0. The fraction of sp³-hybridized carbons (Fsp3) is 0.429. The Labute approximate surface area is 173 Å². The van der Waals surface area contributed by atoms with Crippen molar-refractivity contribution >= 4 is 29.2 Å². The summed E-state index contributed by atoms with van der Waals surface area (Å²) in [6.45, 7) is 3.79. The van der Waals surface area contributed by atoms with Gasteiger partial charge in [-0.15, -0.1) is 0 Å². The van der Waals surface area contributed by atoms with E-state index < -0.39 is 0 Å². The third-order valence-electron chi connectivity index (χ3n) is 5.71. The molecule has 0 saturated heterocycles. The third kappa shape index (κ3) is 3.79. The molecule has 1 saturated carbocycles. The van der Waals surface area contributed by atoms with Crippen LogP contribution in [0.25, 0.3) is 5.78 Å². The number of carbonyl (C=O) groups is 1. The molecule has 2 heterocycles. The molecule has 1 aliphatic rings. The van der Waals surface area contributed by atoms with Crippen molar-refractivity contribution < 1.29 is 4.79 Å². The molecule has 7 nitrogen and oxygen atoms in total. The predicted octanol–water partition coefficient (Wildman–Crippen LogP) is 3.80. The van der Waals surface area contributed by atoms with Gasteiger partial charge in [0, 0.05) is 22.2 Å². The van der Waals surface area contributed by atoms with Gasteiger partial charge in [0.25, 0.3) is 11.3 Å². The maximum Gasteiger partial charge on any atom is 0.277 e. The van der Waals surface area contributed by atoms with E-state index in [1.165, 1.54) is 4.52 Å². The lowest BCUT2D eigenvalue weighted by molar-refractivity contribution is -0.123. The second kappa shape index (κ2) is 7.99. The van der Waals surface area contributed by atoms with Gasteiger partial charge >= 0.3 is 0 Å². The molecule has 1 N–H and O–H groups in total. The van der Waals surface area contributed by atoms with Crippen LogP contribution >= 0.6 is 11.6 Å². The van der Waals surface area contributed by atoms with Crippen LogP contribution in [0.2, 0.25) is 5.02 Å². The molecule has 0 radical (unpaired) electrons. The molecule has 1 aliphatic carbocycles. The van der Waals surface area contributed by atoms with Gasteiger partial charge < -0.3 is 0 Å². The van der Waals surface area contributed by atoms with Gasteiger partial charge in [0.15, 0.2) is 0 Å². The van der Waals surface area contributed by atoms with E-state index in [1.54, 1.807) is 24.8 Å². The average Bonchev–Trinajstić information content (AvgIpc) is 3.15. The molecular weight excluding hydrogens is 390 g/mol. The first-order chi connectivity index (χ1) is 14.0. The summed E-state index contributed by atoms with van der Waals surface area (Å²) in [5.74, 6) is 0.529. The quantitative estimate of drug-likeness (QED) is 0.705. The van der Waals surface area contributed by atoms with E-state index in [4.69, 9.17) is 11.6 Å². The van der Waals surface area contributed by atoms with Crippen molar-refractivity contribution in [2.75, 3.05) is 4.90 Å². The number of nitrogens with one attached hydrogen (secondary N) is 1. The second-order valence-electron chi connectivity index (χ2n) is 7.66. The molecule has 29 heavy (non-hydrogen) atoms. The predicted molar refractivity (Wildman–Crippen MR) is 112 cm³/mol. The first-order valence-electron chi connectivity index (χ1n) is 9.96. The standard InChI is InChI=1S/C21H24ClN5O2/c1-13-14(2)23-20-24-21(25-27(20)18(13)28)26(12-16-10-6-7-11-17(16)22)19(29)15-8-4-3-5-9-15/h6-7,10-11,15H,3-5,8-9,12H2,1-2H3,(H,23,24,25). The molecule has 0 unspecified atom stereocenters. The Morgan fingerprint density at radius 2 is 1.93 bits per heavy atom. The number of hydrogen-bond donors (Lipinski definition) is 1. The summed E-state index contributed by atoms with van der Waals surface area (Å²) < 4.78 is 1.30. The summed E-state index contributed by atoms with van der Waals surface area (Å²) in [5, 5.41) is 3.57. The lowest BCUT2D eigenvalue weighted by Gasteiger charge is -2.27. The molecule has 8 heteroatoms. The van der Waals surface area contributed by atoms with Gasteiger partial charge in [-0.05, 0) is 38.3 Å². The minimum Gasteiger partial charge on any atom is -0.276 e. The fourth-order valence-electron chi connectivity index (χ4n) is 3.84. The van der Waals surface area contributed by atoms with Crippen LogP contribution in [0.1, 0.15) is 48.9 Å². The van der Waals surface area contributed by atoms with Crippen molar-refractivity contribution in [3.05, 3.63) is 56.5 Å². The number of aromatic amines is 1. The highest BCUT2D eigenvalue weighted by Crippen LogP contribution is 2.28. The number of aryl methyl sites for hydroxylation is 1. The molecule has 1 aromatic carbocycles. The van der Waals surface area contributed by atoms with E-state index in [0.29, 0.717) is 22.2 Å². The van der Waals surface area contributed by atoms with Crippen LogP contribution in [0.4, 0.5) is 5.95 Å². The molecular formula is C21H24ClN5O2. The molecule has 0 atom stereocenters. The van der Waals surface area contributed by atoms with Gasteiger partial charge in [-0.2, -0.15) is 9.50 Å². The lowest BCUT2D eigenvalue weighted by Crippen LogP contribution is -2.37. The average molecular weight is 414 g/mol. The van der Waals surface area contributed by atoms with Crippen molar-refractivity contribution in [2.45, 2.75) is 52.5 Å². The number of H-pyrrole nitrogens is 1. The molecule has 1 fully saturated rings. The molecule has 0 spiro atoms. The normalized spacial score (nSPS) is 15.0. The van der Waals surface area contributed by atoms with Gasteiger partial charge in [0.05, 0.1) is 6.54 Å². The highest BCUT2D eigenvalue weighted by atomic mass is 35.5. The van der Waals surface area contributed by atoms with Crippen LogP contribution in [0.5, 0.6) is 0 Å². The minimum atomic E-state index is -0.214. The Morgan fingerprint density at radius 1 is 1.21 bits per heavy atom. The number of carbonyl (C=O) groups excluding carboxylic acids is 1. The van der Waals surface area contributed by atoms with E-state index in [1.807, 2.05) is 18.2 Å². The highest BCUT2D eigenvalue weighted by Gasteiger charge is 2.29. The number of benzene rings is 1. The molecule has 4 rings (SSSR count). The number of aromatic nitrogens is 4. The van der Waals surface area contributed by atoms with E-state index >= 15 is 0 Å². The van der Waals surface area contributed by atoms with Crippen LogP contribution in [0, 0.1) is 19.8 Å². The van der Waals surface area contributed by atoms with Crippen molar-refractivity contribution in [2.24, 2.45) is 5.92 Å². The third-order valence-corrected chi connectivity index (χ3v) is 6.08. The number of anilines is 1. The zero-order valence-corrected chi connectivity index (χ0v) is 17.4. The highest BCUT2D eigenvalue weighted by molar-refractivity contribution is 6.31. The molecule has 2 aromatic heterocycles. The van der Waals surface area contributed by atoms with Gasteiger partial charge in [0.2, 0.25) is 11.9 Å². The topological polar surface area (TPSA) is 83.4 Å². The number of hydrogen-bond acceptors (Lipinski definition) is 4. The summed E-state index contributed by atoms with van der Waals surface area (Å²) >= 11 is 6.36. The fourth-order valence-corrected chi connectivity index (χ4v) is 4.03. The van der Waals surface area contributed by atoms with Crippen molar-refractivity contribution in [1.29, 1.82) is 0 Å². The van der Waals surface area contributed by atoms with Crippen LogP contribution < -0.4 is 10.5 Å². The van der Waals surface area contributed by atoms with Crippen LogP contribution in [-0.4, -0.2) is 25.5 Å². The van der Waals surface area contributed by atoms with Crippen molar-refractivity contribution in [3.8, 4) is 0 Å². The number of halogens is 1. The van der Waals surface area contributed by atoms with E-state index in [2.05, 4.69) is 15.1 Å². The van der Waals surface area contributed by atoms with Crippen molar-refractivity contribution in [1.82, 2.24) is 19.6 Å². The first kappa shape index (κ1) is 19.6. The van der Waals surface area contributed by atoms with E-state index in [-0.39, 0.29) is 29.7 Å². The lowest BCUT2D eigenvalue weighted by atomic mass is 9.88. The van der Waals surface area contributed by atoms with Gasteiger partial charge in [-0.1, -0.05) is 49.1 Å². The van der Waals surface area contributed by atoms with E-state index in [9.17, 15) is 9.59 Å². The molecule has 0 bridgehead atoms. The van der Waals surface area contributed by atoms with Crippen LogP contribution in [-0.2, 0) is 11.3 Å². The van der Waals surface area contributed by atoms with Crippen LogP contribution in [0.15, 0.2) is 29.1 Å². The SMILES string of the molecule is Cc1nc2nc(N(Cc3ccccc3Cl)C(=O)C3CCCCC3)[nH]n2c(=O)c1C. The maximum absolute atomic E-state index is 13.4. The Morgan fingerprint density at radius 3 is 2.66 bits per heavy atom. The number of amides is 1. The van der Waals surface area contributed by atoms with Gasteiger partial charge in [-0.25, -0.2) is 4.98 Å². The monoisotopic (exact) mass is 413 g/mol. The zero-order chi connectivity index (χ0) is 20.5. The first-order valence-corrected chi connectivity index (χ1v) is 10.3. The molecule has 0 aliphatic heterocycles. The van der Waals surface area contributed by atoms with Gasteiger partial charge in [-0.3, -0.25) is 19.6 Å². The Balaban J connectivity index is 1.78.